The van der Waals surface area contributed by atoms with Crippen molar-refractivity contribution in [3.05, 3.63) is 63.5 Å². The van der Waals surface area contributed by atoms with Crippen LogP contribution < -0.4 is 10.2 Å². The second-order valence-electron chi connectivity index (χ2n) is 8.23. The Morgan fingerprint density at radius 1 is 1.09 bits per heavy atom. The molecule has 1 aliphatic heterocycles. The van der Waals surface area contributed by atoms with E-state index in [4.69, 9.17) is 0 Å². The van der Waals surface area contributed by atoms with Crippen molar-refractivity contribution in [2.75, 3.05) is 36.4 Å². The molecule has 168 valence electrons. The van der Waals surface area contributed by atoms with Crippen molar-refractivity contribution in [1.82, 2.24) is 4.90 Å². The van der Waals surface area contributed by atoms with E-state index in [-0.39, 0.29) is 34.7 Å². The number of halogens is 1. The van der Waals surface area contributed by atoms with E-state index in [0.717, 1.165) is 19.3 Å². The van der Waals surface area contributed by atoms with Crippen molar-refractivity contribution in [2.45, 2.75) is 32.2 Å². The molecule has 1 saturated heterocycles. The normalized spacial score (nSPS) is 16.4. The minimum Gasteiger partial charge on any atom is -0.382 e. The second-order valence-corrected chi connectivity index (χ2v) is 8.23. The van der Waals surface area contributed by atoms with E-state index in [2.05, 4.69) is 5.32 Å². The van der Waals surface area contributed by atoms with Crippen LogP contribution >= 0.6 is 0 Å². The van der Waals surface area contributed by atoms with Gasteiger partial charge in [-0.15, -0.1) is 0 Å². The minimum atomic E-state index is -0.511. The number of amides is 1. The molecular formula is C23H25FN4O4. The lowest BCUT2D eigenvalue weighted by molar-refractivity contribution is -0.384. The van der Waals surface area contributed by atoms with Crippen molar-refractivity contribution < 1.29 is 18.9 Å². The molecule has 32 heavy (non-hydrogen) atoms. The maximum absolute atomic E-state index is 14.5. The number of nitro groups is 1. The summed E-state index contributed by atoms with van der Waals surface area (Å²) in [4.78, 5) is 39.4. The van der Waals surface area contributed by atoms with Crippen LogP contribution in [0.3, 0.4) is 0 Å². The number of benzene rings is 2. The fourth-order valence-electron chi connectivity index (χ4n) is 4.15. The van der Waals surface area contributed by atoms with Crippen LogP contribution in [0.15, 0.2) is 36.4 Å². The summed E-state index contributed by atoms with van der Waals surface area (Å²) in [5.74, 6) is -0.986. The Morgan fingerprint density at radius 2 is 1.81 bits per heavy atom. The molecule has 8 nitrogen and oxygen atoms in total. The van der Waals surface area contributed by atoms with Crippen LogP contribution in [-0.2, 0) is 0 Å². The maximum atomic E-state index is 14.5. The predicted octanol–water partition coefficient (Wildman–Crippen LogP) is 3.86. The molecule has 0 atom stereocenters. The molecule has 0 radical (unpaired) electrons. The number of nitro benzene ring substituents is 1. The van der Waals surface area contributed by atoms with Crippen LogP contribution in [0, 0.1) is 15.9 Å². The van der Waals surface area contributed by atoms with Gasteiger partial charge in [0.15, 0.2) is 5.78 Å². The number of piperazine rings is 1. The van der Waals surface area contributed by atoms with E-state index in [1.54, 1.807) is 21.9 Å². The fourth-order valence-corrected chi connectivity index (χ4v) is 4.15. The Kier molecular flexibility index (Phi) is 6.07. The average molecular weight is 440 g/mol. The topological polar surface area (TPSA) is 95.8 Å². The van der Waals surface area contributed by atoms with Gasteiger partial charge in [-0.1, -0.05) is 6.07 Å². The number of rotatable bonds is 6. The van der Waals surface area contributed by atoms with E-state index in [1.807, 2.05) is 0 Å². The van der Waals surface area contributed by atoms with Gasteiger partial charge in [0.25, 0.3) is 11.6 Å². The zero-order chi connectivity index (χ0) is 22.8. The van der Waals surface area contributed by atoms with Crippen LogP contribution in [0.1, 0.15) is 46.9 Å². The molecule has 2 aromatic rings. The largest absolute Gasteiger partial charge is 0.382 e. The zero-order valence-corrected chi connectivity index (χ0v) is 17.8. The van der Waals surface area contributed by atoms with Crippen LogP contribution in [0.2, 0.25) is 0 Å². The van der Waals surface area contributed by atoms with Gasteiger partial charge in [0.05, 0.1) is 16.2 Å². The van der Waals surface area contributed by atoms with Crippen LogP contribution in [0.25, 0.3) is 0 Å². The molecule has 2 aromatic carbocycles. The lowest BCUT2D eigenvalue weighted by atomic mass is 9.92. The van der Waals surface area contributed by atoms with Gasteiger partial charge in [-0.2, -0.15) is 0 Å². The Morgan fingerprint density at radius 3 is 2.41 bits per heavy atom. The smallest absolute Gasteiger partial charge is 0.270 e. The van der Waals surface area contributed by atoms with Crippen molar-refractivity contribution in [1.29, 1.82) is 0 Å². The van der Waals surface area contributed by atoms with Crippen LogP contribution in [0.5, 0.6) is 0 Å². The molecule has 1 heterocycles. The lowest BCUT2D eigenvalue weighted by Crippen LogP contribution is -2.49. The molecule has 1 N–H and O–H groups in total. The first-order valence-corrected chi connectivity index (χ1v) is 10.7. The molecule has 1 saturated carbocycles. The number of anilines is 2. The van der Waals surface area contributed by atoms with Gasteiger partial charge in [0.1, 0.15) is 5.82 Å². The molecule has 0 aromatic heterocycles. The zero-order valence-electron chi connectivity index (χ0n) is 17.8. The van der Waals surface area contributed by atoms with Gasteiger partial charge in [-0.05, 0) is 44.4 Å². The third-order valence-corrected chi connectivity index (χ3v) is 6.16. The molecule has 4 rings (SSSR count). The molecule has 9 heteroatoms. The Labute approximate surface area is 185 Å². The monoisotopic (exact) mass is 440 g/mol. The number of carbonyl (C=O) groups excluding carboxylic acids is 2. The molecule has 0 spiro atoms. The summed E-state index contributed by atoms with van der Waals surface area (Å²) in [7, 11) is 0. The van der Waals surface area contributed by atoms with E-state index in [1.165, 1.54) is 31.2 Å². The number of carbonyl (C=O) groups is 2. The summed E-state index contributed by atoms with van der Waals surface area (Å²) in [5, 5.41) is 14.6. The molecule has 0 bridgehead atoms. The number of nitrogens with zero attached hydrogens (tertiary/aromatic N) is 3. The van der Waals surface area contributed by atoms with Crippen LogP contribution in [-0.4, -0.2) is 53.7 Å². The number of non-ortho nitro benzene ring substituents is 1. The quantitative estimate of drug-likeness (QED) is 0.416. The van der Waals surface area contributed by atoms with Crippen LogP contribution in [0.4, 0.5) is 21.5 Å². The Balaban J connectivity index is 1.53. The predicted molar refractivity (Wildman–Crippen MR) is 119 cm³/mol. The summed E-state index contributed by atoms with van der Waals surface area (Å²) in [6.45, 7) is 2.74. The number of Topliss-reactive ketones (excluding diaryl/α,β-unsaturated/α-hetero) is 1. The summed E-state index contributed by atoms with van der Waals surface area (Å²) in [6.07, 6.45) is 3.13. The van der Waals surface area contributed by atoms with Gasteiger partial charge in [0.2, 0.25) is 0 Å². The van der Waals surface area contributed by atoms with E-state index < -0.39 is 10.7 Å². The summed E-state index contributed by atoms with van der Waals surface area (Å²) < 4.78 is 14.5. The number of hydrogen-bond donors (Lipinski definition) is 1. The summed E-state index contributed by atoms with van der Waals surface area (Å²) in [5.41, 5.74) is 1.31. The van der Waals surface area contributed by atoms with Gasteiger partial charge < -0.3 is 15.1 Å². The average Bonchev–Trinajstić information content (AvgIpc) is 2.75. The maximum Gasteiger partial charge on any atom is 0.270 e. The van der Waals surface area contributed by atoms with E-state index in [9.17, 15) is 24.1 Å². The molecule has 2 fully saturated rings. The fraction of sp³-hybridized carbons (Fsp3) is 0.391. The SMILES string of the molecule is CC(=O)c1cccc(F)c1N1CCN(C(=O)c2cc([N+](=O)[O-])ccc2NC2CCC2)CC1. The van der Waals surface area contributed by atoms with Gasteiger partial charge in [-0.3, -0.25) is 19.7 Å². The molecule has 1 amide bonds. The Bertz CT molecular complexity index is 1060. The number of para-hydroxylation sites is 1. The third kappa shape index (κ3) is 4.28. The molecule has 1 aliphatic carbocycles. The number of ketones is 1. The van der Waals surface area contributed by atoms with Gasteiger partial charge in [0, 0.05) is 55.6 Å². The van der Waals surface area contributed by atoms with Crippen molar-refractivity contribution >= 4 is 28.8 Å². The van der Waals surface area contributed by atoms with Crippen molar-refractivity contribution in [2.24, 2.45) is 0 Å². The summed E-state index contributed by atoms with van der Waals surface area (Å²) in [6, 6.07) is 9.01. The molecular weight excluding hydrogens is 415 g/mol. The first-order chi connectivity index (χ1) is 15.3. The molecule has 0 unspecified atom stereocenters. The van der Waals surface area contributed by atoms with Crippen molar-refractivity contribution in [3.63, 3.8) is 0 Å². The first kappa shape index (κ1) is 21.7. The van der Waals surface area contributed by atoms with Crippen molar-refractivity contribution in [3.8, 4) is 0 Å². The first-order valence-electron chi connectivity index (χ1n) is 10.7. The number of hydrogen-bond acceptors (Lipinski definition) is 6. The highest BCUT2D eigenvalue weighted by Gasteiger charge is 2.29. The molecule has 2 aliphatic rings. The third-order valence-electron chi connectivity index (χ3n) is 6.16. The minimum absolute atomic E-state index is 0.136. The second kappa shape index (κ2) is 8.94. The van der Waals surface area contributed by atoms with Gasteiger partial charge >= 0.3 is 0 Å². The summed E-state index contributed by atoms with van der Waals surface area (Å²) >= 11 is 0. The highest BCUT2D eigenvalue weighted by molar-refractivity contribution is 6.01. The standard InChI is InChI=1S/C23H25FN4O4/c1-15(29)18-6-3-7-20(24)22(18)26-10-12-27(13-11-26)23(30)19-14-17(28(31)32)8-9-21(19)25-16-4-2-5-16/h3,6-9,14,16,25H,2,4-5,10-13H2,1H3. The number of nitrogens with one attached hydrogen (secondary N) is 1. The highest BCUT2D eigenvalue weighted by Crippen LogP contribution is 2.30. The lowest BCUT2D eigenvalue weighted by Gasteiger charge is -2.37. The highest BCUT2D eigenvalue weighted by atomic mass is 19.1. The Hall–Kier alpha value is -3.49. The van der Waals surface area contributed by atoms with E-state index >= 15 is 0 Å². The van der Waals surface area contributed by atoms with E-state index in [0.29, 0.717) is 37.4 Å². The van der Waals surface area contributed by atoms with Gasteiger partial charge in [-0.25, -0.2) is 4.39 Å².